The largest absolute Gasteiger partial charge is 0.279 e. The molecule has 4 nitrogen and oxygen atoms in total. The average molecular weight is 374 g/mol. The molecule has 1 fully saturated rings. The molecule has 1 atom stereocenters. The number of piperidine rings is 1. The lowest BCUT2D eigenvalue weighted by Gasteiger charge is -2.31. The van der Waals surface area contributed by atoms with Crippen LogP contribution in [-0.4, -0.2) is 36.3 Å². The molecule has 0 amide bonds. The van der Waals surface area contributed by atoms with Crippen molar-refractivity contribution in [2.75, 3.05) is 17.5 Å². The van der Waals surface area contributed by atoms with E-state index in [0.717, 1.165) is 17.3 Å². The molecule has 1 unspecified atom stereocenters. The minimum absolute atomic E-state index is 0.0277. The van der Waals surface area contributed by atoms with Gasteiger partial charge in [-0.15, -0.1) is 0 Å². The first kappa shape index (κ1) is 15.7. The molecule has 0 bridgehead atoms. The fourth-order valence-corrected chi connectivity index (χ4v) is 4.95. The zero-order chi connectivity index (χ0) is 13.1. The highest BCUT2D eigenvalue weighted by Crippen LogP contribution is 2.19. The molecule has 6 heteroatoms. The van der Waals surface area contributed by atoms with Gasteiger partial charge >= 0.3 is 0 Å². The molecule has 0 aromatic rings. The number of alkyl halides is 1. The monoisotopic (exact) mass is 374 g/mol. The number of hydrogen-bond acceptors (Lipinski definition) is 2. The molecule has 1 heterocycles. The van der Waals surface area contributed by atoms with Crippen molar-refractivity contribution in [1.82, 2.24) is 9.03 Å². The van der Waals surface area contributed by atoms with Gasteiger partial charge < -0.3 is 0 Å². The summed E-state index contributed by atoms with van der Waals surface area (Å²) < 4.78 is 29.6. The van der Waals surface area contributed by atoms with Gasteiger partial charge in [0.2, 0.25) is 0 Å². The van der Waals surface area contributed by atoms with E-state index in [9.17, 15) is 8.42 Å². The first-order chi connectivity index (χ1) is 7.86. The van der Waals surface area contributed by atoms with Crippen molar-refractivity contribution in [3.63, 3.8) is 0 Å². The van der Waals surface area contributed by atoms with E-state index in [1.165, 1.54) is 0 Å². The van der Waals surface area contributed by atoms with Crippen LogP contribution in [-0.2, 0) is 10.2 Å². The Bertz CT molecular complexity index is 324. The van der Waals surface area contributed by atoms with Crippen molar-refractivity contribution >= 4 is 32.8 Å². The van der Waals surface area contributed by atoms with Crippen molar-refractivity contribution < 1.29 is 8.42 Å². The summed E-state index contributed by atoms with van der Waals surface area (Å²) >= 11 is 2.23. The zero-order valence-electron chi connectivity index (χ0n) is 10.8. The zero-order valence-corrected chi connectivity index (χ0v) is 13.8. The number of rotatable bonds is 5. The van der Waals surface area contributed by atoms with E-state index in [1.54, 1.807) is 4.31 Å². The van der Waals surface area contributed by atoms with E-state index in [0.29, 0.717) is 24.9 Å². The molecule has 0 spiro atoms. The minimum atomic E-state index is -3.28. The van der Waals surface area contributed by atoms with Gasteiger partial charge in [0, 0.05) is 23.6 Å². The molecule has 1 saturated heterocycles. The maximum atomic E-state index is 12.2. The molecule has 17 heavy (non-hydrogen) atoms. The van der Waals surface area contributed by atoms with Crippen LogP contribution in [0.3, 0.4) is 0 Å². The summed E-state index contributed by atoms with van der Waals surface area (Å²) in [6.45, 7) is 7.58. The van der Waals surface area contributed by atoms with Crippen molar-refractivity contribution in [2.24, 2.45) is 11.8 Å². The number of nitrogens with zero attached hydrogens (tertiary/aromatic N) is 1. The lowest BCUT2D eigenvalue weighted by molar-refractivity contribution is 0.282. The predicted octanol–water partition coefficient (Wildman–Crippen LogP) is 2.01. The SMILES string of the molecule is CC1CCN(S(=O)(=O)NC(CI)C(C)C)CC1. The molecule has 0 aromatic heterocycles. The Morgan fingerprint density at radius 3 is 2.29 bits per heavy atom. The van der Waals surface area contributed by atoms with Crippen LogP contribution in [0.15, 0.2) is 0 Å². The molecule has 1 aliphatic rings. The highest BCUT2D eigenvalue weighted by atomic mass is 127. The molecule has 102 valence electrons. The van der Waals surface area contributed by atoms with E-state index in [2.05, 4.69) is 34.2 Å². The quantitative estimate of drug-likeness (QED) is 0.591. The maximum Gasteiger partial charge on any atom is 0.279 e. The van der Waals surface area contributed by atoms with Crippen LogP contribution in [0.2, 0.25) is 0 Å². The van der Waals surface area contributed by atoms with Crippen LogP contribution >= 0.6 is 22.6 Å². The van der Waals surface area contributed by atoms with Crippen LogP contribution in [0.5, 0.6) is 0 Å². The third-order valence-corrected chi connectivity index (χ3v) is 5.95. The highest BCUT2D eigenvalue weighted by Gasteiger charge is 2.28. The lowest BCUT2D eigenvalue weighted by atomic mass is 10.0. The molecule has 0 aliphatic carbocycles. The molecule has 1 rings (SSSR count). The molecule has 0 aromatic carbocycles. The van der Waals surface area contributed by atoms with Gasteiger partial charge in [0.05, 0.1) is 0 Å². The lowest BCUT2D eigenvalue weighted by Crippen LogP contribution is -2.50. The smallest absolute Gasteiger partial charge is 0.198 e. The van der Waals surface area contributed by atoms with E-state index in [1.807, 2.05) is 13.8 Å². The Morgan fingerprint density at radius 1 is 1.35 bits per heavy atom. The Balaban J connectivity index is 2.62. The second kappa shape index (κ2) is 6.68. The van der Waals surface area contributed by atoms with Gasteiger partial charge in [-0.2, -0.15) is 17.4 Å². The minimum Gasteiger partial charge on any atom is -0.198 e. The Hall–Kier alpha value is 0.600. The van der Waals surface area contributed by atoms with Gasteiger partial charge in [-0.25, -0.2) is 0 Å². The summed E-state index contributed by atoms with van der Waals surface area (Å²) in [7, 11) is -3.28. The van der Waals surface area contributed by atoms with E-state index >= 15 is 0 Å². The number of nitrogens with one attached hydrogen (secondary N) is 1. The van der Waals surface area contributed by atoms with E-state index in [-0.39, 0.29) is 6.04 Å². The molecule has 0 radical (unpaired) electrons. The first-order valence-corrected chi connectivity index (χ1v) is 9.16. The molecule has 1 N–H and O–H groups in total. The normalized spacial score (nSPS) is 21.9. The second-order valence-electron chi connectivity index (χ2n) is 5.21. The van der Waals surface area contributed by atoms with Crippen molar-refractivity contribution in [3.8, 4) is 0 Å². The Morgan fingerprint density at radius 2 is 1.88 bits per heavy atom. The predicted molar refractivity (Wildman–Crippen MR) is 79.5 cm³/mol. The summed E-state index contributed by atoms with van der Waals surface area (Å²) in [6, 6.07) is 0.0277. The second-order valence-corrected chi connectivity index (χ2v) is 7.79. The van der Waals surface area contributed by atoms with Gasteiger partial charge in [-0.1, -0.05) is 43.4 Å². The third-order valence-electron chi connectivity index (χ3n) is 3.35. The van der Waals surface area contributed by atoms with Crippen LogP contribution in [0.25, 0.3) is 0 Å². The van der Waals surface area contributed by atoms with Gasteiger partial charge in [-0.05, 0) is 24.7 Å². The number of halogens is 1. The van der Waals surface area contributed by atoms with Crippen molar-refractivity contribution in [2.45, 2.75) is 39.7 Å². The maximum absolute atomic E-state index is 12.2. The van der Waals surface area contributed by atoms with E-state index in [4.69, 9.17) is 0 Å². The topological polar surface area (TPSA) is 49.4 Å². The summed E-state index contributed by atoms with van der Waals surface area (Å²) in [4.78, 5) is 0. The Kier molecular flexibility index (Phi) is 6.15. The summed E-state index contributed by atoms with van der Waals surface area (Å²) in [5.41, 5.74) is 0. The van der Waals surface area contributed by atoms with E-state index < -0.39 is 10.2 Å². The number of hydrogen-bond donors (Lipinski definition) is 1. The van der Waals surface area contributed by atoms with Crippen LogP contribution in [0.4, 0.5) is 0 Å². The standard InChI is InChI=1S/C11H23IN2O2S/c1-9(2)11(8-12)13-17(15,16)14-6-4-10(3)5-7-14/h9-11,13H,4-8H2,1-3H3. The molecular formula is C11H23IN2O2S. The van der Waals surface area contributed by atoms with Crippen LogP contribution in [0.1, 0.15) is 33.6 Å². The third kappa shape index (κ3) is 4.65. The van der Waals surface area contributed by atoms with Gasteiger partial charge in [0.25, 0.3) is 10.2 Å². The molecule has 1 aliphatic heterocycles. The van der Waals surface area contributed by atoms with Crippen LogP contribution in [0, 0.1) is 11.8 Å². The van der Waals surface area contributed by atoms with Gasteiger partial charge in [0.1, 0.15) is 0 Å². The summed E-state index contributed by atoms with van der Waals surface area (Å²) in [5.74, 6) is 0.970. The van der Waals surface area contributed by atoms with Crippen LogP contribution < -0.4 is 4.72 Å². The molecule has 0 saturated carbocycles. The average Bonchev–Trinajstić information content (AvgIpc) is 2.26. The van der Waals surface area contributed by atoms with Gasteiger partial charge in [-0.3, -0.25) is 0 Å². The Labute approximate surface area is 119 Å². The van der Waals surface area contributed by atoms with Gasteiger partial charge in [0.15, 0.2) is 0 Å². The van der Waals surface area contributed by atoms with Crippen molar-refractivity contribution in [3.05, 3.63) is 0 Å². The fourth-order valence-electron chi connectivity index (χ4n) is 1.84. The molecular weight excluding hydrogens is 351 g/mol. The fraction of sp³-hybridized carbons (Fsp3) is 1.00. The summed E-state index contributed by atoms with van der Waals surface area (Å²) in [5, 5.41) is 0. The highest BCUT2D eigenvalue weighted by molar-refractivity contribution is 14.1. The van der Waals surface area contributed by atoms with Crippen molar-refractivity contribution in [1.29, 1.82) is 0 Å². The first-order valence-electron chi connectivity index (χ1n) is 6.20. The summed E-state index contributed by atoms with van der Waals surface area (Å²) in [6.07, 6.45) is 1.94.